The molecule has 0 aromatic heterocycles. The summed E-state index contributed by atoms with van der Waals surface area (Å²) in [6, 6.07) is 0. The maximum Gasteiger partial charge on any atom is 0.116 e. The van der Waals surface area contributed by atoms with E-state index >= 15 is 0 Å². The van der Waals surface area contributed by atoms with Gasteiger partial charge in [0.05, 0.1) is 18.8 Å². The third kappa shape index (κ3) is 6.93. The van der Waals surface area contributed by atoms with Gasteiger partial charge in [0, 0.05) is 0 Å². The minimum absolute atomic E-state index is 0.0476. The Morgan fingerprint density at radius 3 is 2.25 bits per heavy atom. The molecule has 0 aliphatic carbocycles. The van der Waals surface area contributed by atoms with Gasteiger partial charge < -0.3 is 9.47 Å². The van der Waals surface area contributed by atoms with Crippen molar-refractivity contribution in [1.29, 1.82) is 0 Å². The van der Waals surface area contributed by atoms with Crippen LogP contribution in [0.15, 0.2) is 37.0 Å². The van der Waals surface area contributed by atoms with Gasteiger partial charge in [-0.1, -0.05) is 12.2 Å². The number of hydrogen-bond acceptors (Lipinski definition) is 2. The van der Waals surface area contributed by atoms with Crippen molar-refractivity contribution in [3.8, 4) is 0 Å². The second-order valence-electron chi connectivity index (χ2n) is 2.24. The summed E-state index contributed by atoms with van der Waals surface area (Å²) >= 11 is 0. The highest BCUT2D eigenvalue weighted by molar-refractivity contribution is 4.85. The van der Waals surface area contributed by atoms with Crippen LogP contribution in [0.3, 0.4) is 0 Å². The molecule has 0 N–H and O–H groups in total. The molecule has 0 saturated carbocycles. The van der Waals surface area contributed by atoms with Crippen molar-refractivity contribution in [3.63, 3.8) is 0 Å². The first-order valence-electron chi connectivity index (χ1n) is 4.01. The molecule has 0 saturated heterocycles. The average Bonchev–Trinajstić information content (AvgIpc) is 2.09. The Morgan fingerprint density at radius 2 is 1.67 bits per heavy atom. The van der Waals surface area contributed by atoms with E-state index in [4.69, 9.17) is 9.47 Å². The lowest BCUT2D eigenvalue weighted by Crippen LogP contribution is -1.97. The third-order valence-electron chi connectivity index (χ3n) is 1.07. The molecule has 68 valence electrons. The lowest BCUT2D eigenvalue weighted by atomic mass is 10.4. The van der Waals surface area contributed by atoms with Crippen LogP contribution >= 0.6 is 0 Å². The zero-order chi connectivity index (χ0) is 9.23. The predicted octanol–water partition coefficient (Wildman–Crippen LogP) is 2.99. The molecule has 0 aliphatic rings. The average molecular weight is 168 g/mol. The first-order chi connectivity index (χ1) is 5.81. The molecule has 2 heteroatoms. The molecule has 0 heterocycles. The van der Waals surface area contributed by atoms with Gasteiger partial charge >= 0.3 is 0 Å². The van der Waals surface area contributed by atoms with Crippen LogP contribution in [0.2, 0.25) is 0 Å². The Hall–Kier alpha value is -1.18. The van der Waals surface area contributed by atoms with Gasteiger partial charge in [-0.3, -0.25) is 0 Å². The zero-order valence-corrected chi connectivity index (χ0v) is 7.86. The van der Waals surface area contributed by atoms with Gasteiger partial charge in [0.15, 0.2) is 0 Å². The normalized spacial score (nSPS) is 14.6. The lowest BCUT2D eigenvalue weighted by molar-refractivity contribution is 0.200. The molecule has 0 bridgehead atoms. The van der Waals surface area contributed by atoms with Crippen LogP contribution < -0.4 is 0 Å². The first-order valence-corrected chi connectivity index (χ1v) is 4.01. The zero-order valence-electron chi connectivity index (χ0n) is 7.86. The van der Waals surface area contributed by atoms with E-state index in [2.05, 4.69) is 0 Å². The highest BCUT2D eigenvalue weighted by Gasteiger charge is 1.90. The molecular formula is C10H16O2. The molecule has 0 fully saturated rings. The maximum absolute atomic E-state index is 5.20. The molecule has 0 rings (SSSR count). The Kier molecular flexibility index (Phi) is 7.14. The van der Waals surface area contributed by atoms with E-state index in [1.165, 1.54) is 0 Å². The van der Waals surface area contributed by atoms with Gasteiger partial charge in [-0.25, -0.2) is 0 Å². The maximum atomic E-state index is 5.20. The molecule has 0 radical (unpaired) electrons. The lowest BCUT2D eigenvalue weighted by Gasteiger charge is -2.03. The Labute approximate surface area is 74.2 Å². The van der Waals surface area contributed by atoms with E-state index in [0.717, 1.165) is 0 Å². The smallest absolute Gasteiger partial charge is 0.116 e. The molecule has 0 spiro atoms. The summed E-state index contributed by atoms with van der Waals surface area (Å²) in [5, 5.41) is 0. The third-order valence-corrected chi connectivity index (χ3v) is 1.07. The van der Waals surface area contributed by atoms with Crippen LogP contribution in [0.25, 0.3) is 0 Å². The Balaban J connectivity index is 3.52. The summed E-state index contributed by atoms with van der Waals surface area (Å²) in [6.07, 6.45) is 10.4. The predicted molar refractivity (Wildman–Crippen MR) is 50.4 cm³/mol. The molecule has 0 amide bonds. The summed E-state index contributed by atoms with van der Waals surface area (Å²) in [5.74, 6) is 0. The fraction of sp³-hybridized carbons (Fsp3) is 0.400. The van der Waals surface area contributed by atoms with Gasteiger partial charge in [0.2, 0.25) is 0 Å². The summed E-state index contributed by atoms with van der Waals surface area (Å²) in [5.41, 5.74) is 0. The fourth-order valence-corrected chi connectivity index (χ4v) is 0.528. The van der Waals surface area contributed by atoms with Crippen LogP contribution in [-0.4, -0.2) is 6.10 Å². The van der Waals surface area contributed by atoms with Gasteiger partial charge in [0.1, 0.15) is 6.10 Å². The monoisotopic (exact) mass is 168 g/mol. The van der Waals surface area contributed by atoms with Crippen molar-refractivity contribution in [2.45, 2.75) is 26.9 Å². The summed E-state index contributed by atoms with van der Waals surface area (Å²) in [6.45, 7) is 5.75. The first kappa shape index (κ1) is 10.8. The second-order valence-corrected chi connectivity index (χ2v) is 2.24. The quantitative estimate of drug-likeness (QED) is 0.587. The molecule has 1 unspecified atom stereocenters. The van der Waals surface area contributed by atoms with Crippen LogP contribution in [0.5, 0.6) is 0 Å². The SMILES string of the molecule is CC=COC=CC(C)OC=CC. The summed E-state index contributed by atoms with van der Waals surface area (Å²) in [7, 11) is 0. The summed E-state index contributed by atoms with van der Waals surface area (Å²) < 4.78 is 10.2. The van der Waals surface area contributed by atoms with Gasteiger partial charge in [-0.15, -0.1) is 0 Å². The minimum Gasteiger partial charge on any atom is -0.494 e. The molecule has 0 aromatic rings. The van der Waals surface area contributed by atoms with Crippen molar-refractivity contribution >= 4 is 0 Å². The van der Waals surface area contributed by atoms with E-state index in [-0.39, 0.29) is 6.10 Å². The minimum atomic E-state index is 0.0476. The van der Waals surface area contributed by atoms with Gasteiger partial charge in [0.25, 0.3) is 0 Å². The van der Waals surface area contributed by atoms with E-state index in [1.807, 2.05) is 39.0 Å². The Morgan fingerprint density at radius 1 is 1.00 bits per heavy atom. The standard InChI is InChI=1S/C10H16O2/c1-4-7-11-9-6-10(3)12-8-5-2/h4-10H,1-3H3. The van der Waals surface area contributed by atoms with Crippen molar-refractivity contribution in [1.82, 2.24) is 0 Å². The van der Waals surface area contributed by atoms with Crippen LogP contribution in [-0.2, 0) is 9.47 Å². The van der Waals surface area contributed by atoms with Gasteiger partial charge in [-0.05, 0) is 26.8 Å². The van der Waals surface area contributed by atoms with Crippen molar-refractivity contribution in [3.05, 3.63) is 37.0 Å². The van der Waals surface area contributed by atoms with Crippen molar-refractivity contribution in [2.75, 3.05) is 0 Å². The van der Waals surface area contributed by atoms with E-state index < -0.39 is 0 Å². The van der Waals surface area contributed by atoms with Crippen LogP contribution in [0.1, 0.15) is 20.8 Å². The topological polar surface area (TPSA) is 18.5 Å². The van der Waals surface area contributed by atoms with Gasteiger partial charge in [-0.2, -0.15) is 0 Å². The number of hydrogen-bond donors (Lipinski definition) is 0. The Bertz CT molecular complexity index is 169. The number of allylic oxidation sites excluding steroid dienone is 2. The number of ether oxygens (including phenoxy) is 2. The fourth-order valence-electron chi connectivity index (χ4n) is 0.528. The molecular weight excluding hydrogens is 152 g/mol. The largest absolute Gasteiger partial charge is 0.494 e. The van der Waals surface area contributed by atoms with E-state index in [1.54, 1.807) is 18.8 Å². The van der Waals surface area contributed by atoms with Crippen LogP contribution in [0.4, 0.5) is 0 Å². The molecule has 0 aliphatic heterocycles. The highest BCUT2D eigenvalue weighted by atomic mass is 16.5. The van der Waals surface area contributed by atoms with Crippen molar-refractivity contribution in [2.24, 2.45) is 0 Å². The second kappa shape index (κ2) is 7.92. The molecule has 2 nitrogen and oxygen atoms in total. The molecule has 1 atom stereocenters. The molecule has 12 heavy (non-hydrogen) atoms. The summed E-state index contributed by atoms with van der Waals surface area (Å²) in [4.78, 5) is 0. The van der Waals surface area contributed by atoms with Crippen molar-refractivity contribution < 1.29 is 9.47 Å². The van der Waals surface area contributed by atoms with E-state index in [9.17, 15) is 0 Å². The van der Waals surface area contributed by atoms with E-state index in [0.29, 0.717) is 0 Å². The molecule has 0 aromatic carbocycles. The highest BCUT2D eigenvalue weighted by Crippen LogP contribution is 1.94. The van der Waals surface area contributed by atoms with Crippen LogP contribution in [0, 0.1) is 0 Å². The number of rotatable bonds is 5.